The van der Waals surface area contributed by atoms with Gasteiger partial charge in [-0.15, -0.1) is 0 Å². The van der Waals surface area contributed by atoms with Crippen molar-refractivity contribution in [1.82, 2.24) is 9.97 Å². The van der Waals surface area contributed by atoms with Crippen LogP contribution in [0.25, 0.3) is 0 Å². The Morgan fingerprint density at radius 2 is 1.67 bits per heavy atom. The van der Waals surface area contributed by atoms with E-state index in [1.54, 1.807) is 0 Å². The summed E-state index contributed by atoms with van der Waals surface area (Å²) in [5, 5.41) is 0. The summed E-state index contributed by atoms with van der Waals surface area (Å²) < 4.78 is 11.4. The number of nitrogens with zero attached hydrogens (tertiary/aromatic N) is 2. The molecule has 112 valence electrons. The number of para-hydroxylation sites is 1. The van der Waals surface area contributed by atoms with Crippen molar-refractivity contribution in [2.75, 3.05) is 5.73 Å². The van der Waals surface area contributed by atoms with Crippen molar-refractivity contribution in [3.8, 4) is 17.5 Å². The van der Waals surface area contributed by atoms with Crippen molar-refractivity contribution >= 4 is 5.69 Å². The quantitative estimate of drug-likeness (QED) is 0.906. The van der Waals surface area contributed by atoms with Crippen molar-refractivity contribution in [2.45, 2.75) is 39.7 Å². The third-order valence-corrected chi connectivity index (χ3v) is 2.91. The fourth-order valence-electron chi connectivity index (χ4n) is 1.92. The number of aromatic nitrogens is 2. The molecule has 1 heterocycles. The largest absolute Gasteiger partial charge is 0.473 e. The first-order valence-corrected chi connectivity index (χ1v) is 7.03. The van der Waals surface area contributed by atoms with E-state index in [1.807, 2.05) is 38.1 Å². The number of nitrogen functional groups attached to an aromatic ring is 1. The van der Waals surface area contributed by atoms with E-state index in [0.29, 0.717) is 23.4 Å². The molecule has 1 aromatic carbocycles. The smallest absolute Gasteiger partial charge is 0.249 e. The predicted octanol–water partition coefficient (Wildman–Crippen LogP) is 3.76. The van der Waals surface area contributed by atoms with Gasteiger partial charge in [0, 0.05) is 0 Å². The van der Waals surface area contributed by atoms with Gasteiger partial charge in [-0.1, -0.05) is 32.0 Å². The third kappa shape index (κ3) is 3.62. The van der Waals surface area contributed by atoms with E-state index in [-0.39, 0.29) is 6.10 Å². The molecule has 2 N–H and O–H groups in total. The number of ether oxygens (including phenoxy) is 2. The van der Waals surface area contributed by atoms with Crippen LogP contribution >= 0.6 is 0 Å². The molecule has 21 heavy (non-hydrogen) atoms. The molecule has 0 spiro atoms. The number of rotatable bonds is 5. The van der Waals surface area contributed by atoms with E-state index in [2.05, 4.69) is 23.8 Å². The van der Waals surface area contributed by atoms with Crippen LogP contribution in [0.15, 0.2) is 30.6 Å². The van der Waals surface area contributed by atoms with E-state index in [4.69, 9.17) is 15.2 Å². The fraction of sp³-hybridized carbons (Fsp3) is 0.375. The number of benzene rings is 1. The van der Waals surface area contributed by atoms with Gasteiger partial charge in [0.05, 0.1) is 6.10 Å². The second kappa shape index (κ2) is 6.43. The normalized spacial score (nSPS) is 11.0. The molecule has 5 heteroatoms. The Bertz CT molecular complexity index is 612. The summed E-state index contributed by atoms with van der Waals surface area (Å²) in [4.78, 5) is 8.14. The number of anilines is 1. The highest BCUT2D eigenvalue weighted by Gasteiger charge is 2.15. The SMILES string of the molecule is CC(C)Oc1ncnc(Oc2ccccc2C(C)C)c1N. The monoisotopic (exact) mass is 287 g/mol. The van der Waals surface area contributed by atoms with Crippen LogP contribution in [0.5, 0.6) is 17.5 Å². The third-order valence-electron chi connectivity index (χ3n) is 2.91. The lowest BCUT2D eigenvalue weighted by Gasteiger charge is -2.15. The molecule has 5 nitrogen and oxygen atoms in total. The topological polar surface area (TPSA) is 70.3 Å². The molecule has 0 fully saturated rings. The molecular formula is C16H21N3O2. The van der Waals surface area contributed by atoms with Crippen molar-refractivity contribution < 1.29 is 9.47 Å². The molecule has 0 saturated heterocycles. The zero-order valence-electron chi connectivity index (χ0n) is 12.8. The van der Waals surface area contributed by atoms with Gasteiger partial charge in [-0.05, 0) is 31.4 Å². The maximum absolute atomic E-state index is 6.03. The molecule has 0 aliphatic heterocycles. The summed E-state index contributed by atoms with van der Waals surface area (Å²) in [7, 11) is 0. The van der Waals surface area contributed by atoms with E-state index in [9.17, 15) is 0 Å². The minimum Gasteiger partial charge on any atom is -0.473 e. The summed E-state index contributed by atoms with van der Waals surface area (Å²) in [6.45, 7) is 8.05. The van der Waals surface area contributed by atoms with E-state index < -0.39 is 0 Å². The zero-order valence-corrected chi connectivity index (χ0v) is 12.8. The van der Waals surface area contributed by atoms with Gasteiger partial charge in [0.25, 0.3) is 0 Å². The van der Waals surface area contributed by atoms with Crippen LogP contribution in [0, 0.1) is 0 Å². The maximum atomic E-state index is 6.03. The number of nitrogens with two attached hydrogens (primary N) is 1. The van der Waals surface area contributed by atoms with Gasteiger partial charge in [-0.25, -0.2) is 0 Å². The lowest BCUT2D eigenvalue weighted by molar-refractivity contribution is 0.232. The van der Waals surface area contributed by atoms with Crippen molar-refractivity contribution in [3.05, 3.63) is 36.2 Å². The lowest BCUT2D eigenvalue weighted by atomic mass is 10.0. The van der Waals surface area contributed by atoms with Crippen LogP contribution in [0.4, 0.5) is 5.69 Å². The minimum absolute atomic E-state index is 0.0157. The van der Waals surface area contributed by atoms with Gasteiger partial charge in [0.15, 0.2) is 5.69 Å². The second-order valence-corrected chi connectivity index (χ2v) is 5.36. The van der Waals surface area contributed by atoms with Crippen molar-refractivity contribution in [2.24, 2.45) is 0 Å². The van der Waals surface area contributed by atoms with Gasteiger partial charge < -0.3 is 15.2 Å². The van der Waals surface area contributed by atoms with Gasteiger partial charge in [-0.3, -0.25) is 0 Å². The Morgan fingerprint density at radius 3 is 2.33 bits per heavy atom. The summed E-state index contributed by atoms with van der Waals surface area (Å²) in [5.41, 5.74) is 7.44. The van der Waals surface area contributed by atoms with Crippen LogP contribution < -0.4 is 15.2 Å². The van der Waals surface area contributed by atoms with Crippen molar-refractivity contribution in [1.29, 1.82) is 0 Å². The highest BCUT2D eigenvalue weighted by atomic mass is 16.5. The molecule has 0 saturated carbocycles. The molecule has 0 unspecified atom stereocenters. The molecule has 0 aliphatic carbocycles. The molecular weight excluding hydrogens is 266 g/mol. The highest BCUT2D eigenvalue weighted by Crippen LogP contribution is 2.34. The molecule has 0 amide bonds. The first-order chi connectivity index (χ1) is 9.99. The van der Waals surface area contributed by atoms with Gasteiger partial charge in [-0.2, -0.15) is 9.97 Å². The van der Waals surface area contributed by atoms with Crippen LogP contribution in [0.3, 0.4) is 0 Å². The van der Waals surface area contributed by atoms with Gasteiger partial charge >= 0.3 is 0 Å². The summed E-state index contributed by atoms with van der Waals surface area (Å²) in [5.74, 6) is 1.75. The second-order valence-electron chi connectivity index (χ2n) is 5.36. The Labute approximate surface area is 125 Å². The fourth-order valence-corrected chi connectivity index (χ4v) is 1.92. The molecule has 0 radical (unpaired) electrons. The summed E-state index contributed by atoms with van der Waals surface area (Å²) in [6, 6.07) is 7.84. The zero-order chi connectivity index (χ0) is 15.4. The van der Waals surface area contributed by atoms with Crippen molar-refractivity contribution in [3.63, 3.8) is 0 Å². The average Bonchev–Trinajstić information content (AvgIpc) is 2.43. The Balaban J connectivity index is 2.32. The summed E-state index contributed by atoms with van der Waals surface area (Å²) in [6.07, 6.45) is 1.37. The Hall–Kier alpha value is -2.30. The predicted molar refractivity (Wildman–Crippen MR) is 82.8 cm³/mol. The minimum atomic E-state index is -0.0157. The molecule has 2 rings (SSSR count). The highest BCUT2D eigenvalue weighted by molar-refractivity contribution is 5.57. The van der Waals surface area contributed by atoms with E-state index in [1.165, 1.54) is 6.33 Å². The van der Waals surface area contributed by atoms with E-state index >= 15 is 0 Å². The lowest BCUT2D eigenvalue weighted by Crippen LogP contribution is -2.10. The van der Waals surface area contributed by atoms with Crippen LogP contribution in [-0.2, 0) is 0 Å². The van der Waals surface area contributed by atoms with Gasteiger partial charge in [0.1, 0.15) is 12.1 Å². The molecule has 1 aromatic heterocycles. The molecule has 0 bridgehead atoms. The Morgan fingerprint density at radius 1 is 1.00 bits per heavy atom. The molecule has 2 aromatic rings. The summed E-state index contributed by atoms with van der Waals surface area (Å²) >= 11 is 0. The molecule has 0 atom stereocenters. The first kappa shape index (κ1) is 15.1. The molecule has 0 aliphatic rings. The maximum Gasteiger partial charge on any atom is 0.249 e. The Kier molecular flexibility index (Phi) is 4.62. The van der Waals surface area contributed by atoms with Crippen LogP contribution in [0.2, 0.25) is 0 Å². The number of hydrogen-bond acceptors (Lipinski definition) is 5. The first-order valence-electron chi connectivity index (χ1n) is 7.03. The average molecular weight is 287 g/mol. The number of hydrogen-bond donors (Lipinski definition) is 1. The van der Waals surface area contributed by atoms with Crippen LogP contribution in [0.1, 0.15) is 39.2 Å². The standard InChI is InChI=1S/C16H21N3O2/c1-10(2)12-7-5-6-8-13(12)21-16-14(17)15(18-9-19-16)20-11(3)4/h5-11H,17H2,1-4H3. The van der Waals surface area contributed by atoms with Crippen LogP contribution in [-0.4, -0.2) is 16.1 Å². The van der Waals surface area contributed by atoms with E-state index in [0.717, 1.165) is 11.3 Å². The van der Waals surface area contributed by atoms with Gasteiger partial charge in [0.2, 0.25) is 11.8 Å².